The van der Waals surface area contributed by atoms with Gasteiger partial charge in [0.2, 0.25) is 0 Å². The Morgan fingerprint density at radius 1 is 1.12 bits per heavy atom. The molecule has 0 aliphatic heterocycles. The van der Waals surface area contributed by atoms with Crippen LogP contribution in [0.1, 0.15) is 26.3 Å². The van der Waals surface area contributed by atoms with Crippen LogP contribution in [0, 0.1) is 0 Å². The monoisotopic (exact) mass is 346 g/mol. The van der Waals surface area contributed by atoms with Gasteiger partial charge >= 0.3 is 5.97 Å². The predicted molar refractivity (Wildman–Crippen MR) is 95.2 cm³/mol. The van der Waals surface area contributed by atoms with Crippen LogP contribution in [0.15, 0.2) is 42.5 Å². The molecule has 2 aromatic carbocycles. The molecule has 2 aromatic rings. The molecule has 0 unspecified atom stereocenters. The van der Waals surface area contributed by atoms with E-state index in [1.165, 1.54) is 0 Å². The third-order valence-corrected chi connectivity index (χ3v) is 3.92. The van der Waals surface area contributed by atoms with Gasteiger partial charge in [-0.3, -0.25) is 4.79 Å². The fourth-order valence-electron chi connectivity index (χ4n) is 2.33. The number of carbonyl (C=O) groups excluding carboxylic acids is 1. The number of aromatic carboxylic acids is 1. The first-order valence-electron chi connectivity index (χ1n) is 7.46. The van der Waals surface area contributed by atoms with Gasteiger partial charge in [-0.25, -0.2) is 4.79 Å². The minimum atomic E-state index is -0.954. The van der Waals surface area contributed by atoms with Gasteiger partial charge in [0, 0.05) is 20.6 Å². The maximum absolute atomic E-state index is 12.4. The first-order chi connectivity index (χ1) is 11.4. The number of hydrogen-bond acceptors (Lipinski definition) is 3. The van der Waals surface area contributed by atoms with Crippen molar-refractivity contribution in [3.63, 3.8) is 0 Å². The maximum atomic E-state index is 12.4. The van der Waals surface area contributed by atoms with Gasteiger partial charge in [0.15, 0.2) is 0 Å². The number of halogens is 1. The molecule has 1 amide bonds. The highest BCUT2D eigenvalue weighted by Crippen LogP contribution is 2.26. The summed E-state index contributed by atoms with van der Waals surface area (Å²) in [6.07, 6.45) is 0.605. The Hall–Kier alpha value is -2.53. The van der Waals surface area contributed by atoms with Gasteiger partial charge < -0.3 is 15.3 Å². The van der Waals surface area contributed by atoms with E-state index in [9.17, 15) is 9.59 Å². The lowest BCUT2D eigenvalue weighted by atomic mass is 10.1. The highest BCUT2D eigenvalue weighted by atomic mass is 35.5. The molecule has 0 saturated carbocycles. The summed E-state index contributed by atoms with van der Waals surface area (Å²) in [5.74, 6) is -1.18. The third-order valence-electron chi connectivity index (χ3n) is 3.60. The van der Waals surface area contributed by atoms with E-state index < -0.39 is 5.97 Å². The number of nitrogens with one attached hydrogen (secondary N) is 1. The Bertz CT molecular complexity index is 742. The molecule has 0 radical (unpaired) electrons. The molecule has 0 aromatic heterocycles. The van der Waals surface area contributed by atoms with Crippen LogP contribution in [-0.2, 0) is 6.42 Å². The largest absolute Gasteiger partial charge is 0.478 e. The Kier molecular flexibility index (Phi) is 5.82. The average Bonchev–Trinajstić information content (AvgIpc) is 2.54. The molecule has 0 bridgehead atoms. The number of benzene rings is 2. The molecular formula is C18H19ClN2O3. The number of carboxylic acids is 1. The van der Waals surface area contributed by atoms with Crippen LogP contribution < -0.4 is 10.2 Å². The molecule has 0 fully saturated rings. The topological polar surface area (TPSA) is 69.6 Å². The third kappa shape index (κ3) is 4.26. The average molecular weight is 347 g/mol. The summed E-state index contributed by atoms with van der Waals surface area (Å²) in [6, 6.07) is 11.9. The van der Waals surface area contributed by atoms with E-state index in [2.05, 4.69) is 5.32 Å². The highest BCUT2D eigenvalue weighted by molar-refractivity contribution is 6.34. The molecule has 2 N–H and O–H groups in total. The maximum Gasteiger partial charge on any atom is 0.335 e. The zero-order chi connectivity index (χ0) is 17.7. The van der Waals surface area contributed by atoms with Crippen LogP contribution in [0.4, 0.5) is 5.69 Å². The Morgan fingerprint density at radius 2 is 1.79 bits per heavy atom. The molecular weight excluding hydrogens is 328 g/mol. The zero-order valence-electron chi connectivity index (χ0n) is 13.5. The summed E-state index contributed by atoms with van der Waals surface area (Å²) in [7, 11) is 3.71. The van der Waals surface area contributed by atoms with Crippen molar-refractivity contribution in [3.05, 3.63) is 64.2 Å². The summed E-state index contributed by atoms with van der Waals surface area (Å²) < 4.78 is 0. The van der Waals surface area contributed by atoms with Crippen LogP contribution in [0.3, 0.4) is 0 Å². The molecule has 24 heavy (non-hydrogen) atoms. The van der Waals surface area contributed by atoms with Gasteiger partial charge in [-0.2, -0.15) is 0 Å². The van der Waals surface area contributed by atoms with E-state index >= 15 is 0 Å². The van der Waals surface area contributed by atoms with Crippen molar-refractivity contribution in [2.75, 3.05) is 25.5 Å². The quantitative estimate of drug-likeness (QED) is 0.843. The summed E-state index contributed by atoms with van der Waals surface area (Å²) >= 11 is 6.17. The summed E-state index contributed by atoms with van der Waals surface area (Å²) in [5, 5.41) is 12.1. The number of hydrogen-bond donors (Lipinski definition) is 2. The molecule has 6 heteroatoms. The Morgan fingerprint density at radius 3 is 2.38 bits per heavy atom. The van der Waals surface area contributed by atoms with Gasteiger partial charge in [-0.1, -0.05) is 29.8 Å². The van der Waals surface area contributed by atoms with E-state index in [0.29, 0.717) is 23.6 Å². The van der Waals surface area contributed by atoms with E-state index in [1.54, 1.807) is 36.4 Å². The van der Waals surface area contributed by atoms with Crippen molar-refractivity contribution >= 4 is 29.2 Å². The number of nitrogens with zero attached hydrogens (tertiary/aromatic N) is 1. The number of anilines is 1. The number of carbonyl (C=O) groups is 2. The summed E-state index contributed by atoms with van der Waals surface area (Å²) in [5.41, 5.74) is 2.40. The highest BCUT2D eigenvalue weighted by Gasteiger charge is 2.16. The fraction of sp³-hybridized carbons (Fsp3) is 0.222. The number of carboxylic acid groups (broad SMARTS) is 1. The van der Waals surface area contributed by atoms with E-state index in [0.717, 1.165) is 11.3 Å². The van der Waals surface area contributed by atoms with Gasteiger partial charge in [0.05, 0.1) is 21.8 Å². The lowest BCUT2D eigenvalue weighted by Gasteiger charge is -2.18. The molecule has 0 atom stereocenters. The minimum absolute atomic E-state index is 0.230. The van der Waals surface area contributed by atoms with Gasteiger partial charge in [-0.15, -0.1) is 0 Å². The molecule has 2 rings (SSSR count). The van der Waals surface area contributed by atoms with Crippen LogP contribution >= 0.6 is 11.6 Å². The van der Waals surface area contributed by atoms with Crippen LogP contribution in [0.2, 0.25) is 5.02 Å². The summed E-state index contributed by atoms with van der Waals surface area (Å²) in [4.78, 5) is 25.1. The van der Waals surface area contributed by atoms with Crippen LogP contribution in [0.5, 0.6) is 0 Å². The van der Waals surface area contributed by atoms with Crippen molar-refractivity contribution in [2.45, 2.75) is 6.42 Å². The van der Waals surface area contributed by atoms with Crippen molar-refractivity contribution in [2.24, 2.45) is 0 Å². The van der Waals surface area contributed by atoms with Crippen LogP contribution in [-0.4, -0.2) is 37.6 Å². The second kappa shape index (κ2) is 7.84. The smallest absolute Gasteiger partial charge is 0.335 e. The lowest BCUT2D eigenvalue weighted by molar-refractivity contribution is 0.0696. The fourth-order valence-corrected chi connectivity index (χ4v) is 2.59. The molecule has 126 valence electrons. The summed E-state index contributed by atoms with van der Waals surface area (Å²) in [6.45, 7) is 0.434. The first kappa shape index (κ1) is 17.8. The van der Waals surface area contributed by atoms with Gasteiger partial charge in [0.1, 0.15) is 0 Å². The number of amides is 1. The molecule has 0 aliphatic rings. The zero-order valence-corrected chi connectivity index (χ0v) is 14.3. The molecule has 0 spiro atoms. The molecule has 5 nitrogen and oxygen atoms in total. The number of rotatable bonds is 6. The first-order valence-corrected chi connectivity index (χ1v) is 7.84. The van der Waals surface area contributed by atoms with Crippen molar-refractivity contribution in [1.82, 2.24) is 5.32 Å². The Labute approximate surface area is 145 Å². The molecule has 0 saturated heterocycles. The molecule has 0 aliphatic carbocycles. The van der Waals surface area contributed by atoms with E-state index in [1.807, 2.05) is 25.1 Å². The van der Waals surface area contributed by atoms with E-state index in [4.69, 9.17) is 16.7 Å². The van der Waals surface area contributed by atoms with Crippen molar-refractivity contribution in [1.29, 1.82) is 0 Å². The van der Waals surface area contributed by atoms with Crippen molar-refractivity contribution < 1.29 is 14.7 Å². The van der Waals surface area contributed by atoms with E-state index in [-0.39, 0.29) is 11.5 Å². The second-order valence-corrected chi connectivity index (χ2v) is 5.94. The normalized spacial score (nSPS) is 10.3. The predicted octanol–water partition coefficient (Wildman–Crippen LogP) is 3.08. The SMILES string of the molecule is CN(C)c1cccc(Cl)c1C(=O)NCCc1ccc(C(=O)O)cc1. The van der Waals surface area contributed by atoms with Crippen LogP contribution in [0.25, 0.3) is 0 Å². The van der Waals surface area contributed by atoms with Gasteiger partial charge in [0.25, 0.3) is 5.91 Å². The Balaban J connectivity index is 2.00. The lowest BCUT2D eigenvalue weighted by Crippen LogP contribution is -2.28. The van der Waals surface area contributed by atoms with Gasteiger partial charge in [-0.05, 0) is 36.2 Å². The second-order valence-electron chi connectivity index (χ2n) is 5.54. The molecule has 0 heterocycles. The standard InChI is InChI=1S/C18H19ClN2O3/c1-21(2)15-5-3-4-14(19)16(15)17(22)20-11-10-12-6-8-13(9-7-12)18(23)24/h3-9H,10-11H2,1-2H3,(H,20,22)(H,23,24). The van der Waals surface area contributed by atoms with Crippen molar-refractivity contribution in [3.8, 4) is 0 Å². The minimum Gasteiger partial charge on any atom is -0.478 e.